The summed E-state index contributed by atoms with van der Waals surface area (Å²) < 4.78 is 5.24. The topological polar surface area (TPSA) is 8.81 Å². The molecule has 2 heteroatoms. The van der Waals surface area contributed by atoms with Gasteiger partial charge in [-0.05, 0) is 32.1 Å². The normalized spacial score (nSPS) is 11.5. The summed E-state index contributed by atoms with van der Waals surface area (Å²) in [6.45, 7) is 9.39. The molecule has 0 fully saturated rings. The van der Waals surface area contributed by atoms with E-state index < -0.39 is 0 Å². The fourth-order valence-corrected chi connectivity index (χ4v) is 5.80. The van der Waals surface area contributed by atoms with Gasteiger partial charge in [0.05, 0.1) is 13.1 Å². The van der Waals surface area contributed by atoms with E-state index in [1.807, 2.05) is 0 Å². The molecular weight excluding hydrogens is 448 g/mol. The SMILES string of the molecule is CCCCCCCCCCCCn1cc[n+](CCCCCCCCCC)c1CCCCCCCCCC. The van der Waals surface area contributed by atoms with Crippen LogP contribution in [-0.4, -0.2) is 4.57 Å². The number of nitrogens with zero attached hydrogens (tertiary/aromatic N) is 2. The quantitative estimate of drug-likeness (QED) is 0.0737. The van der Waals surface area contributed by atoms with E-state index in [9.17, 15) is 0 Å². The number of hydrogen-bond acceptors (Lipinski definition) is 0. The van der Waals surface area contributed by atoms with Crippen LogP contribution in [0.5, 0.6) is 0 Å². The Morgan fingerprint density at radius 2 is 0.838 bits per heavy atom. The fraction of sp³-hybridized carbons (Fsp3) is 0.914. The molecule has 0 aliphatic heterocycles. The van der Waals surface area contributed by atoms with E-state index in [0.717, 1.165) is 0 Å². The number of hydrogen-bond donors (Lipinski definition) is 0. The van der Waals surface area contributed by atoms with Gasteiger partial charge in [-0.2, -0.15) is 0 Å². The van der Waals surface area contributed by atoms with Crippen LogP contribution in [0.15, 0.2) is 12.4 Å². The molecule has 1 aromatic heterocycles. The van der Waals surface area contributed by atoms with Crippen LogP contribution in [-0.2, 0) is 19.5 Å². The number of aromatic nitrogens is 2. The van der Waals surface area contributed by atoms with Crippen molar-refractivity contribution < 1.29 is 4.57 Å². The van der Waals surface area contributed by atoms with Crippen LogP contribution >= 0.6 is 0 Å². The van der Waals surface area contributed by atoms with Gasteiger partial charge in [0.2, 0.25) is 0 Å². The monoisotopic (exact) mass is 518 g/mol. The smallest absolute Gasteiger partial charge is 0.234 e. The van der Waals surface area contributed by atoms with E-state index in [0.29, 0.717) is 0 Å². The van der Waals surface area contributed by atoms with Crippen LogP contribution in [0.3, 0.4) is 0 Å². The fourth-order valence-electron chi connectivity index (χ4n) is 5.80. The molecule has 0 spiro atoms. The summed E-state index contributed by atoms with van der Waals surface area (Å²) in [6, 6.07) is 0. The lowest BCUT2D eigenvalue weighted by molar-refractivity contribution is -0.704. The Balaban J connectivity index is 2.34. The Bertz CT molecular complexity index is 576. The van der Waals surface area contributed by atoms with Crippen molar-refractivity contribution in [3.63, 3.8) is 0 Å². The highest BCUT2D eigenvalue weighted by atomic mass is 15.1. The Labute approximate surface area is 234 Å². The van der Waals surface area contributed by atoms with Gasteiger partial charge in [-0.15, -0.1) is 0 Å². The van der Waals surface area contributed by atoms with Crippen LogP contribution in [0.1, 0.15) is 194 Å². The van der Waals surface area contributed by atoms with Crippen molar-refractivity contribution in [2.24, 2.45) is 0 Å². The molecule has 0 saturated heterocycles. The second kappa shape index (κ2) is 26.8. The molecule has 0 aliphatic carbocycles. The zero-order valence-electron chi connectivity index (χ0n) is 26.1. The van der Waals surface area contributed by atoms with Gasteiger partial charge in [-0.3, -0.25) is 0 Å². The molecule has 0 atom stereocenters. The molecular formula is C35H69N2+. The standard InChI is InChI=1S/C35H69N2/c1-4-7-10-13-16-19-20-23-26-29-32-37-34-33-36(31-28-25-22-18-15-12-9-6-3)35(37)30-27-24-21-17-14-11-8-5-2/h33-34H,4-32H2,1-3H3/q+1. The van der Waals surface area contributed by atoms with Gasteiger partial charge in [0.15, 0.2) is 0 Å². The lowest BCUT2D eigenvalue weighted by Gasteiger charge is -2.07. The molecule has 1 rings (SSSR count). The third-order valence-corrected chi connectivity index (χ3v) is 8.35. The largest absolute Gasteiger partial charge is 0.256 e. The number of unbranched alkanes of at least 4 members (excludes halogenated alkanes) is 23. The van der Waals surface area contributed by atoms with Crippen LogP contribution in [0, 0.1) is 0 Å². The first-order chi connectivity index (χ1) is 18.3. The lowest BCUT2D eigenvalue weighted by Crippen LogP contribution is -2.37. The van der Waals surface area contributed by atoms with Crippen molar-refractivity contribution in [2.75, 3.05) is 0 Å². The molecule has 0 aromatic carbocycles. The Kier molecular flexibility index (Phi) is 24.8. The molecule has 0 aliphatic rings. The van der Waals surface area contributed by atoms with E-state index in [1.165, 1.54) is 186 Å². The average Bonchev–Trinajstić information content (AvgIpc) is 3.29. The summed E-state index contributed by atoms with van der Waals surface area (Å²) in [5.74, 6) is 1.62. The molecule has 1 heterocycles. The van der Waals surface area contributed by atoms with Gasteiger partial charge in [0.1, 0.15) is 12.4 Å². The van der Waals surface area contributed by atoms with Crippen molar-refractivity contribution in [3.05, 3.63) is 18.2 Å². The summed E-state index contributed by atoms with van der Waals surface area (Å²) >= 11 is 0. The summed E-state index contributed by atoms with van der Waals surface area (Å²) in [5.41, 5.74) is 0. The number of aryl methyl sites for hydroxylation is 2. The summed E-state index contributed by atoms with van der Waals surface area (Å²) in [5, 5.41) is 0. The first-order valence-electron chi connectivity index (χ1n) is 17.4. The van der Waals surface area contributed by atoms with Gasteiger partial charge >= 0.3 is 0 Å². The molecule has 218 valence electrons. The summed E-state index contributed by atoms with van der Waals surface area (Å²) in [4.78, 5) is 0. The van der Waals surface area contributed by atoms with Gasteiger partial charge < -0.3 is 0 Å². The van der Waals surface area contributed by atoms with Crippen molar-refractivity contribution in [1.82, 2.24) is 4.57 Å². The van der Waals surface area contributed by atoms with Crippen LogP contribution in [0.2, 0.25) is 0 Å². The molecule has 37 heavy (non-hydrogen) atoms. The van der Waals surface area contributed by atoms with E-state index in [4.69, 9.17) is 0 Å². The minimum Gasteiger partial charge on any atom is -0.234 e. The molecule has 1 aromatic rings. The lowest BCUT2D eigenvalue weighted by atomic mass is 10.1. The van der Waals surface area contributed by atoms with Crippen molar-refractivity contribution in [2.45, 2.75) is 207 Å². The Hall–Kier alpha value is -0.790. The molecule has 0 amide bonds. The molecule has 0 radical (unpaired) electrons. The highest BCUT2D eigenvalue weighted by molar-refractivity contribution is 4.84. The predicted molar refractivity (Wildman–Crippen MR) is 165 cm³/mol. The van der Waals surface area contributed by atoms with Crippen LogP contribution in [0.25, 0.3) is 0 Å². The highest BCUT2D eigenvalue weighted by Gasteiger charge is 2.16. The summed E-state index contributed by atoms with van der Waals surface area (Å²) in [6.07, 6.45) is 42.9. The second-order valence-corrected chi connectivity index (χ2v) is 12.0. The predicted octanol–water partition coefficient (Wildman–Crippen LogP) is 11.5. The van der Waals surface area contributed by atoms with Crippen LogP contribution < -0.4 is 4.57 Å². The maximum absolute atomic E-state index is 2.62. The second-order valence-electron chi connectivity index (χ2n) is 12.0. The van der Waals surface area contributed by atoms with Gasteiger partial charge in [0, 0.05) is 6.42 Å². The number of imidazole rings is 1. The third kappa shape index (κ3) is 19.9. The first-order valence-corrected chi connectivity index (χ1v) is 17.4. The van der Waals surface area contributed by atoms with E-state index in [1.54, 1.807) is 5.82 Å². The van der Waals surface area contributed by atoms with E-state index in [2.05, 4.69) is 42.3 Å². The number of rotatable bonds is 29. The molecule has 2 nitrogen and oxygen atoms in total. The molecule has 0 unspecified atom stereocenters. The van der Waals surface area contributed by atoms with Gasteiger partial charge in [0.25, 0.3) is 5.82 Å². The van der Waals surface area contributed by atoms with Crippen molar-refractivity contribution >= 4 is 0 Å². The zero-order chi connectivity index (χ0) is 26.7. The molecule has 0 saturated carbocycles. The van der Waals surface area contributed by atoms with E-state index >= 15 is 0 Å². The summed E-state index contributed by atoms with van der Waals surface area (Å²) in [7, 11) is 0. The van der Waals surface area contributed by atoms with E-state index in [-0.39, 0.29) is 0 Å². The maximum atomic E-state index is 2.62. The van der Waals surface area contributed by atoms with Crippen LogP contribution in [0.4, 0.5) is 0 Å². The highest BCUT2D eigenvalue weighted by Crippen LogP contribution is 2.14. The molecule has 0 N–H and O–H groups in total. The Morgan fingerprint density at radius 3 is 1.30 bits per heavy atom. The Morgan fingerprint density at radius 1 is 0.459 bits per heavy atom. The minimum atomic E-state index is 1.23. The zero-order valence-corrected chi connectivity index (χ0v) is 26.1. The van der Waals surface area contributed by atoms with Crippen molar-refractivity contribution in [1.29, 1.82) is 0 Å². The first kappa shape index (κ1) is 34.2. The maximum Gasteiger partial charge on any atom is 0.256 e. The third-order valence-electron chi connectivity index (χ3n) is 8.35. The van der Waals surface area contributed by atoms with Gasteiger partial charge in [-0.25, -0.2) is 9.13 Å². The molecule has 0 bridgehead atoms. The van der Waals surface area contributed by atoms with Gasteiger partial charge in [-0.1, -0.05) is 156 Å². The average molecular weight is 518 g/mol. The van der Waals surface area contributed by atoms with Crippen molar-refractivity contribution in [3.8, 4) is 0 Å². The minimum absolute atomic E-state index is 1.23.